The Balaban J connectivity index is 2.23. The van der Waals surface area contributed by atoms with Gasteiger partial charge in [-0.05, 0) is 26.0 Å². The number of hydrazine groups is 1. The number of nitrogens with zero attached hydrogens (tertiary/aromatic N) is 4. The average molecular weight is 218 g/mol. The lowest BCUT2D eigenvalue weighted by molar-refractivity contribution is 0.644. The zero-order valence-corrected chi connectivity index (χ0v) is 9.31. The molecule has 2 heterocycles. The van der Waals surface area contributed by atoms with Gasteiger partial charge in [-0.25, -0.2) is 9.67 Å². The minimum atomic E-state index is 0.599. The number of rotatable bonds is 3. The molecular formula is C10H14N6. The number of pyridine rings is 1. The maximum absolute atomic E-state index is 5.33. The van der Waals surface area contributed by atoms with E-state index in [9.17, 15) is 0 Å². The summed E-state index contributed by atoms with van der Waals surface area (Å²) in [6.45, 7) is 4.39. The Bertz CT molecular complexity index is 490. The van der Waals surface area contributed by atoms with Gasteiger partial charge < -0.3 is 5.43 Å². The molecule has 0 unspecified atom stereocenters. The molecule has 0 radical (unpaired) electrons. The predicted molar refractivity (Wildman–Crippen MR) is 60.6 cm³/mol. The second kappa shape index (κ2) is 4.28. The molecule has 0 bridgehead atoms. The van der Waals surface area contributed by atoms with E-state index in [1.165, 1.54) is 0 Å². The van der Waals surface area contributed by atoms with Crippen molar-refractivity contribution in [1.82, 2.24) is 19.7 Å². The molecule has 0 aliphatic heterocycles. The van der Waals surface area contributed by atoms with Gasteiger partial charge in [-0.2, -0.15) is 5.10 Å². The van der Waals surface area contributed by atoms with Gasteiger partial charge in [0.2, 0.25) is 0 Å². The van der Waals surface area contributed by atoms with Gasteiger partial charge in [-0.1, -0.05) is 0 Å². The highest BCUT2D eigenvalue weighted by molar-refractivity contribution is 5.41. The Kier molecular flexibility index (Phi) is 2.82. The maximum atomic E-state index is 5.33. The van der Waals surface area contributed by atoms with Crippen molar-refractivity contribution in [2.75, 3.05) is 5.43 Å². The van der Waals surface area contributed by atoms with Crippen molar-refractivity contribution >= 4 is 5.69 Å². The fraction of sp³-hybridized carbons (Fsp3) is 0.300. The quantitative estimate of drug-likeness (QED) is 0.583. The minimum Gasteiger partial charge on any atom is -0.324 e. The molecule has 2 aromatic rings. The van der Waals surface area contributed by atoms with Crippen molar-refractivity contribution in [3.8, 4) is 0 Å². The van der Waals surface area contributed by atoms with Gasteiger partial charge in [0.25, 0.3) is 0 Å². The number of anilines is 1. The first kappa shape index (κ1) is 10.6. The van der Waals surface area contributed by atoms with Crippen LogP contribution in [0.15, 0.2) is 18.3 Å². The van der Waals surface area contributed by atoms with Gasteiger partial charge in [0, 0.05) is 6.20 Å². The molecule has 2 rings (SSSR count). The van der Waals surface area contributed by atoms with Crippen LogP contribution >= 0.6 is 0 Å². The second-order valence-electron chi connectivity index (χ2n) is 3.54. The summed E-state index contributed by atoms with van der Waals surface area (Å²) < 4.78 is 1.82. The van der Waals surface area contributed by atoms with Crippen LogP contribution in [0.2, 0.25) is 0 Å². The Morgan fingerprint density at radius 1 is 1.44 bits per heavy atom. The van der Waals surface area contributed by atoms with Crippen LogP contribution in [0.1, 0.15) is 17.3 Å². The van der Waals surface area contributed by atoms with E-state index in [0.29, 0.717) is 6.54 Å². The minimum absolute atomic E-state index is 0.599. The number of aryl methyl sites for hydroxylation is 2. The summed E-state index contributed by atoms with van der Waals surface area (Å²) in [5, 5.41) is 4.27. The highest BCUT2D eigenvalue weighted by Crippen LogP contribution is 2.08. The molecule has 0 aliphatic carbocycles. The molecule has 16 heavy (non-hydrogen) atoms. The fourth-order valence-electron chi connectivity index (χ4n) is 1.52. The van der Waals surface area contributed by atoms with Crippen LogP contribution in [0.25, 0.3) is 0 Å². The summed E-state index contributed by atoms with van der Waals surface area (Å²) in [6.07, 6.45) is 1.71. The highest BCUT2D eigenvalue weighted by atomic mass is 15.3. The third-order valence-electron chi connectivity index (χ3n) is 2.26. The summed E-state index contributed by atoms with van der Waals surface area (Å²) >= 11 is 0. The van der Waals surface area contributed by atoms with E-state index < -0.39 is 0 Å². The summed E-state index contributed by atoms with van der Waals surface area (Å²) in [7, 11) is 0. The third kappa shape index (κ3) is 2.17. The number of nitrogen functional groups attached to an aromatic ring is 1. The van der Waals surface area contributed by atoms with E-state index in [4.69, 9.17) is 5.84 Å². The zero-order chi connectivity index (χ0) is 11.5. The van der Waals surface area contributed by atoms with Crippen LogP contribution in [-0.4, -0.2) is 19.7 Å². The lowest BCUT2D eigenvalue weighted by atomic mass is 10.3. The van der Waals surface area contributed by atoms with Crippen molar-refractivity contribution in [1.29, 1.82) is 0 Å². The predicted octanol–water partition coefficient (Wildman–Crippen LogP) is 0.624. The first-order chi connectivity index (χ1) is 7.69. The fourth-order valence-corrected chi connectivity index (χ4v) is 1.52. The Hall–Kier alpha value is -1.95. The summed E-state index contributed by atoms with van der Waals surface area (Å²) in [4.78, 5) is 8.48. The molecule has 2 aromatic heterocycles. The Morgan fingerprint density at radius 2 is 2.25 bits per heavy atom. The van der Waals surface area contributed by atoms with Gasteiger partial charge in [-0.3, -0.25) is 10.8 Å². The summed E-state index contributed by atoms with van der Waals surface area (Å²) in [5.74, 6) is 6.98. The highest BCUT2D eigenvalue weighted by Gasteiger charge is 2.04. The molecule has 0 aromatic carbocycles. The summed E-state index contributed by atoms with van der Waals surface area (Å²) in [5.41, 5.74) is 4.31. The standard InChI is InChI=1S/C10H14N6/c1-7-13-8(2)16(15-7)6-10-5-9(14-11)3-4-12-10/h3-5H,6,11H2,1-2H3,(H,12,14). The Morgan fingerprint density at radius 3 is 2.88 bits per heavy atom. The number of nitrogens with two attached hydrogens (primary N) is 1. The largest absolute Gasteiger partial charge is 0.324 e. The second-order valence-corrected chi connectivity index (χ2v) is 3.54. The van der Waals surface area contributed by atoms with Crippen molar-refractivity contribution < 1.29 is 0 Å². The smallest absolute Gasteiger partial charge is 0.147 e. The molecule has 0 aliphatic rings. The molecule has 0 spiro atoms. The maximum Gasteiger partial charge on any atom is 0.147 e. The van der Waals surface area contributed by atoms with E-state index in [-0.39, 0.29) is 0 Å². The van der Waals surface area contributed by atoms with E-state index in [1.807, 2.05) is 30.7 Å². The van der Waals surface area contributed by atoms with E-state index >= 15 is 0 Å². The van der Waals surface area contributed by atoms with Crippen molar-refractivity contribution in [2.45, 2.75) is 20.4 Å². The lowest BCUT2D eigenvalue weighted by Crippen LogP contribution is -2.09. The number of nitrogens with one attached hydrogen (secondary N) is 1. The molecule has 0 atom stereocenters. The topological polar surface area (TPSA) is 81.7 Å². The average Bonchev–Trinajstić information content (AvgIpc) is 2.58. The molecular weight excluding hydrogens is 204 g/mol. The molecule has 3 N–H and O–H groups in total. The SMILES string of the molecule is Cc1nc(C)n(Cc2cc(NN)ccn2)n1. The van der Waals surface area contributed by atoms with E-state index in [0.717, 1.165) is 23.0 Å². The molecule has 84 valence electrons. The van der Waals surface area contributed by atoms with Gasteiger partial charge in [0.05, 0.1) is 17.9 Å². The number of aromatic nitrogens is 4. The molecule has 0 saturated heterocycles. The Labute approximate surface area is 93.5 Å². The molecule has 0 saturated carbocycles. The number of hydrogen-bond acceptors (Lipinski definition) is 5. The summed E-state index contributed by atoms with van der Waals surface area (Å²) in [6, 6.07) is 3.69. The van der Waals surface area contributed by atoms with E-state index in [2.05, 4.69) is 20.5 Å². The number of hydrogen-bond donors (Lipinski definition) is 2. The zero-order valence-electron chi connectivity index (χ0n) is 9.31. The molecule has 0 fully saturated rings. The van der Waals surface area contributed by atoms with Crippen LogP contribution in [0.5, 0.6) is 0 Å². The third-order valence-corrected chi connectivity index (χ3v) is 2.26. The van der Waals surface area contributed by atoms with Gasteiger partial charge >= 0.3 is 0 Å². The van der Waals surface area contributed by atoms with Crippen LogP contribution in [-0.2, 0) is 6.54 Å². The van der Waals surface area contributed by atoms with Crippen LogP contribution in [0, 0.1) is 13.8 Å². The first-order valence-corrected chi connectivity index (χ1v) is 4.98. The van der Waals surface area contributed by atoms with Crippen LogP contribution in [0.3, 0.4) is 0 Å². The first-order valence-electron chi connectivity index (χ1n) is 4.98. The van der Waals surface area contributed by atoms with Gasteiger partial charge in [0.15, 0.2) is 0 Å². The van der Waals surface area contributed by atoms with Crippen molar-refractivity contribution in [2.24, 2.45) is 5.84 Å². The van der Waals surface area contributed by atoms with Crippen molar-refractivity contribution in [3.63, 3.8) is 0 Å². The van der Waals surface area contributed by atoms with Gasteiger partial charge in [0.1, 0.15) is 11.6 Å². The van der Waals surface area contributed by atoms with Crippen LogP contribution in [0.4, 0.5) is 5.69 Å². The normalized spacial score (nSPS) is 10.4. The lowest BCUT2D eigenvalue weighted by Gasteiger charge is -2.04. The molecule has 6 nitrogen and oxygen atoms in total. The monoisotopic (exact) mass is 218 g/mol. The molecule has 0 amide bonds. The van der Waals surface area contributed by atoms with Crippen molar-refractivity contribution in [3.05, 3.63) is 35.7 Å². The van der Waals surface area contributed by atoms with E-state index in [1.54, 1.807) is 6.20 Å². The van der Waals surface area contributed by atoms with Crippen LogP contribution < -0.4 is 11.3 Å². The van der Waals surface area contributed by atoms with Gasteiger partial charge in [-0.15, -0.1) is 0 Å². The molecule has 6 heteroatoms.